The second-order valence-electron chi connectivity index (χ2n) is 6.63. The summed E-state index contributed by atoms with van der Waals surface area (Å²) in [5, 5.41) is 0. The van der Waals surface area contributed by atoms with E-state index in [4.69, 9.17) is 5.73 Å². The highest BCUT2D eigenvalue weighted by Crippen LogP contribution is 2.26. The molecule has 3 nitrogen and oxygen atoms in total. The van der Waals surface area contributed by atoms with Gasteiger partial charge in [0.2, 0.25) is 5.91 Å². The highest BCUT2D eigenvalue weighted by atomic mass is 16.2. The van der Waals surface area contributed by atoms with Crippen LogP contribution in [0.4, 0.5) is 0 Å². The Hall–Kier alpha value is -1.35. The summed E-state index contributed by atoms with van der Waals surface area (Å²) in [7, 11) is 0. The molecule has 2 atom stereocenters. The van der Waals surface area contributed by atoms with Crippen molar-refractivity contribution in [3.8, 4) is 0 Å². The molecule has 3 heteroatoms. The SMILES string of the molecule is CC1Cc2ccccc2CN1C(=O)C(N)C(C)(C)C. The van der Waals surface area contributed by atoms with Crippen molar-refractivity contribution in [3.63, 3.8) is 0 Å². The number of amides is 1. The summed E-state index contributed by atoms with van der Waals surface area (Å²) in [5.41, 5.74) is 8.51. The van der Waals surface area contributed by atoms with Crippen molar-refractivity contribution in [3.05, 3.63) is 35.4 Å². The number of hydrogen-bond acceptors (Lipinski definition) is 2. The summed E-state index contributed by atoms with van der Waals surface area (Å²) >= 11 is 0. The first-order valence-electron chi connectivity index (χ1n) is 6.93. The molecule has 1 aromatic rings. The average molecular weight is 260 g/mol. The molecule has 1 aliphatic heterocycles. The normalized spacial score (nSPS) is 20.9. The highest BCUT2D eigenvalue weighted by molar-refractivity contribution is 5.83. The Morgan fingerprint density at radius 1 is 1.32 bits per heavy atom. The predicted octanol–water partition coefficient (Wildman–Crippen LogP) is 2.33. The van der Waals surface area contributed by atoms with Gasteiger partial charge in [0.1, 0.15) is 0 Å². The van der Waals surface area contributed by atoms with Crippen LogP contribution in [0.1, 0.15) is 38.8 Å². The quantitative estimate of drug-likeness (QED) is 0.842. The molecule has 0 fully saturated rings. The topological polar surface area (TPSA) is 46.3 Å². The van der Waals surface area contributed by atoms with Gasteiger partial charge in [-0.25, -0.2) is 0 Å². The third-order valence-corrected chi connectivity index (χ3v) is 3.99. The van der Waals surface area contributed by atoms with Crippen LogP contribution < -0.4 is 5.73 Å². The Morgan fingerprint density at radius 2 is 1.89 bits per heavy atom. The van der Waals surface area contributed by atoms with Crippen LogP contribution in [0, 0.1) is 5.41 Å². The van der Waals surface area contributed by atoms with Crippen LogP contribution in [0.2, 0.25) is 0 Å². The molecule has 1 amide bonds. The largest absolute Gasteiger partial charge is 0.334 e. The molecule has 104 valence electrons. The minimum atomic E-state index is -0.444. The molecule has 0 saturated heterocycles. The number of rotatable bonds is 1. The zero-order chi connectivity index (χ0) is 14.2. The van der Waals surface area contributed by atoms with Crippen LogP contribution >= 0.6 is 0 Å². The molecule has 0 aromatic heterocycles. The lowest BCUT2D eigenvalue weighted by atomic mass is 9.85. The van der Waals surface area contributed by atoms with Gasteiger partial charge in [0.15, 0.2) is 0 Å². The minimum Gasteiger partial charge on any atom is -0.334 e. The standard InChI is InChI=1S/C16H24N2O/c1-11-9-12-7-5-6-8-13(12)10-18(11)15(19)14(17)16(2,3)4/h5-8,11,14H,9-10,17H2,1-4H3. The van der Waals surface area contributed by atoms with E-state index in [1.54, 1.807) is 0 Å². The summed E-state index contributed by atoms with van der Waals surface area (Å²) in [4.78, 5) is 14.5. The van der Waals surface area contributed by atoms with Gasteiger partial charge in [0, 0.05) is 12.6 Å². The van der Waals surface area contributed by atoms with E-state index in [-0.39, 0.29) is 17.4 Å². The van der Waals surface area contributed by atoms with Crippen molar-refractivity contribution in [2.75, 3.05) is 0 Å². The molecule has 1 aromatic carbocycles. The van der Waals surface area contributed by atoms with E-state index < -0.39 is 6.04 Å². The second kappa shape index (κ2) is 4.97. The molecular formula is C16H24N2O. The van der Waals surface area contributed by atoms with Gasteiger partial charge in [-0.05, 0) is 29.9 Å². The number of benzene rings is 1. The molecule has 2 rings (SSSR count). The molecule has 1 aliphatic rings. The lowest BCUT2D eigenvalue weighted by Crippen LogP contribution is -2.54. The van der Waals surface area contributed by atoms with Gasteiger partial charge in [-0.3, -0.25) is 4.79 Å². The smallest absolute Gasteiger partial charge is 0.240 e. The lowest BCUT2D eigenvalue weighted by molar-refractivity contribution is -0.138. The van der Waals surface area contributed by atoms with E-state index in [0.717, 1.165) is 6.42 Å². The molecular weight excluding hydrogens is 236 g/mol. The Morgan fingerprint density at radius 3 is 2.47 bits per heavy atom. The summed E-state index contributed by atoms with van der Waals surface area (Å²) in [6.07, 6.45) is 0.915. The zero-order valence-electron chi connectivity index (χ0n) is 12.3. The Labute approximate surface area is 115 Å². The van der Waals surface area contributed by atoms with E-state index in [2.05, 4.69) is 25.1 Å². The van der Waals surface area contributed by atoms with Crippen LogP contribution in [-0.2, 0) is 17.8 Å². The van der Waals surface area contributed by atoms with Crippen molar-refractivity contribution in [2.24, 2.45) is 11.1 Å². The van der Waals surface area contributed by atoms with Crippen molar-refractivity contribution in [1.82, 2.24) is 4.90 Å². The molecule has 2 unspecified atom stereocenters. The number of carbonyl (C=O) groups excluding carboxylic acids is 1. The second-order valence-corrected chi connectivity index (χ2v) is 6.63. The van der Waals surface area contributed by atoms with Crippen LogP contribution in [0.3, 0.4) is 0 Å². The van der Waals surface area contributed by atoms with Gasteiger partial charge in [-0.1, -0.05) is 45.0 Å². The fourth-order valence-corrected chi connectivity index (χ4v) is 2.52. The Bertz CT molecular complexity index is 476. The fourth-order valence-electron chi connectivity index (χ4n) is 2.52. The van der Waals surface area contributed by atoms with Gasteiger partial charge in [0.05, 0.1) is 6.04 Å². The molecule has 2 N–H and O–H groups in total. The first-order chi connectivity index (χ1) is 8.80. The first kappa shape index (κ1) is 14.1. The fraction of sp³-hybridized carbons (Fsp3) is 0.562. The van der Waals surface area contributed by atoms with Gasteiger partial charge in [-0.2, -0.15) is 0 Å². The summed E-state index contributed by atoms with van der Waals surface area (Å²) in [5.74, 6) is 0.0644. The number of nitrogens with two attached hydrogens (primary N) is 1. The third kappa shape index (κ3) is 2.81. The lowest BCUT2D eigenvalue weighted by Gasteiger charge is -2.39. The van der Waals surface area contributed by atoms with Crippen LogP contribution in [0.25, 0.3) is 0 Å². The van der Waals surface area contributed by atoms with E-state index in [9.17, 15) is 4.79 Å². The van der Waals surface area contributed by atoms with Crippen molar-refractivity contribution < 1.29 is 4.79 Å². The maximum Gasteiger partial charge on any atom is 0.240 e. The summed E-state index contributed by atoms with van der Waals surface area (Å²) in [6, 6.07) is 8.11. The first-order valence-corrected chi connectivity index (χ1v) is 6.93. The molecule has 0 aliphatic carbocycles. The van der Waals surface area contributed by atoms with Gasteiger partial charge in [0.25, 0.3) is 0 Å². The molecule has 0 spiro atoms. The van der Waals surface area contributed by atoms with Gasteiger partial charge >= 0.3 is 0 Å². The number of fused-ring (bicyclic) bond motifs is 1. The molecule has 0 radical (unpaired) electrons. The van der Waals surface area contributed by atoms with Gasteiger partial charge < -0.3 is 10.6 Å². The maximum absolute atomic E-state index is 12.6. The molecule has 0 saturated carbocycles. The van der Waals surface area contributed by atoms with E-state index >= 15 is 0 Å². The number of carbonyl (C=O) groups is 1. The van der Waals surface area contributed by atoms with E-state index in [0.29, 0.717) is 6.54 Å². The van der Waals surface area contributed by atoms with Crippen LogP contribution in [0.15, 0.2) is 24.3 Å². The van der Waals surface area contributed by atoms with Gasteiger partial charge in [-0.15, -0.1) is 0 Å². The van der Waals surface area contributed by atoms with E-state index in [1.165, 1.54) is 11.1 Å². The van der Waals surface area contributed by atoms with E-state index in [1.807, 2.05) is 31.7 Å². The van der Waals surface area contributed by atoms with Crippen molar-refractivity contribution >= 4 is 5.91 Å². The Balaban J connectivity index is 2.21. The zero-order valence-corrected chi connectivity index (χ0v) is 12.3. The molecule has 1 heterocycles. The Kier molecular flexibility index (Phi) is 3.68. The summed E-state index contributed by atoms with van der Waals surface area (Å²) < 4.78 is 0. The average Bonchev–Trinajstić information content (AvgIpc) is 2.35. The molecule has 19 heavy (non-hydrogen) atoms. The number of nitrogens with zero attached hydrogens (tertiary/aromatic N) is 1. The predicted molar refractivity (Wildman–Crippen MR) is 77.6 cm³/mol. The minimum absolute atomic E-state index is 0.0644. The number of hydrogen-bond donors (Lipinski definition) is 1. The molecule has 0 bridgehead atoms. The highest BCUT2D eigenvalue weighted by Gasteiger charge is 2.35. The van der Waals surface area contributed by atoms with Crippen molar-refractivity contribution in [1.29, 1.82) is 0 Å². The van der Waals surface area contributed by atoms with Crippen LogP contribution in [-0.4, -0.2) is 22.9 Å². The maximum atomic E-state index is 12.6. The third-order valence-electron chi connectivity index (χ3n) is 3.99. The van der Waals surface area contributed by atoms with Crippen LogP contribution in [0.5, 0.6) is 0 Å². The summed E-state index contributed by atoms with van der Waals surface area (Å²) in [6.45, 7) is 8.82. The van der Waals surface area contributed by atoms with Crippen molar-refractivity contribution in [2.45, 2.75) is 52.7 Å². The monoisotopic (exact) mass is 260 g/mol.